The van der Waals surface area contributed by atoms with Crippen molar-refractivity contribution in [2.75, 3.05) is 32.8 Å². The summed E-state index contributed by atoms with van der Waals surface area (Å²) in [6.45, 7) is 4.69. The van der Waals surface area contributed by atoms with Crippen LogP contribution in [0, 0.1) is 0 Å². The molecular formula is C12H21N5O2. The van der Waals surface area contributed by atoms with Gasteiger partial charge in [0.2, 0.25) is 0 Å². The van der Waals surface area contributed by atoms with Gasteiger partial charge in [-0.1, -0.05) is 5.11 Å². The molecule has 106 valence electrons. The number of esters is 1. The van der Waals surface area contributed by atoms with E-state index in [0.717, 1.165) is 13.0 Å². The maximum absolute atomic E-state index is 12.2. The molecule has 1 N–H and O–H groups in total. The average molecular weight is 267 g/mol. The van der Waals surface area contributed by atoms with Gasteiger partial charge in [-0.15, -0.1) is 0 Å². The number of azide groups is 1. The fourth-order valence-electron chi connectivity index (χ4n) is 2.63. The third kappa shape index (κ3) is 3.37. The second-order valence-corrected chi connectivity index (χ2v) is 5.14. The minimum Gasteiger partial charge on any atom is -0.465 e. The molecular weight excluding hydrogens is 246 g/mol. The topological polar surface area (TPSA) is 90.3 Å². The van der Waals surface area contributed by atoms with Gasteiger partial charge in [0.25, 0.3) is 0 Å². The van der Waals surface area contributed by atoms with E-state index in [0.29, 0.717) is 32.3 Å². The van der Waals surface area contributed by atoms with Crippen molar-refractivity contribution in [2.24, 2.45) is 5.11 Å². The van der Waals surface area contributed by atoms with E-state index in [9.17, 15) is 4.79 Å². The highest BCUT2D eigenvalue weighted by atomic mass is 16.5. The maximum Gasteiger partial charge on any atom is 0.327 e. The molecule has 19 heavy (non-hydrogen) atoms. The second kappa shape index (κ2) is 6.23. The summed E-state index contributed by atoms with van der Waals surface area (Å²) in [7, 11) is 0. The maximum atomic E-state index is 12.2. The zero-order valence-electron chi connectivity index (χ0n) is 11.3. The van der Waals surface area contributed by atoms with E-state index in [1.807, 2.05) is 6.92 Å². The summed E-state index contributed by atoms with van der Waals surface area (Å²) in [5.74, 6) is -0.181. The van der Waals surface area contributed by atoms with Crippen LogP contribution in [0.2, 0.25) is 0 Å². The highest BCUT2D eigenvalue weighted by molar-refractivity contribution is 5.81. The first kappa shape index (κ1) is 14.1. The van der Waals surface area contributed by atoms with E-state index in [4.69, 9.17) is 10.3 Å². The molecule has 0 aromatic carbocycles. The van der Waals surface area contributed by atoms with Gasteiger partial charge < -0.3 is 10.1 Å². The summed E-state index contributed by atoms with van der Waals surface area (Å²) in [6, 6.07) is 0.648. The first-order chi connectivity index (χ1) is 9.22. The molecule has 0 aromatic heterocycles. The van der Waals surface area contributed by atoms with Crippen LogP contribution in [-0.4, -0.2) is 55.2 Å². The number of ether oxygens (including phenoxy) is 1. The summed E-state index contributed by atoms with van der Waals surface area (Å²) < 4.78 is 5.20. The van der Waals surface area contributed by atoms with Crippen molar-refractivity contribution in [1.29, 1.82) is 0 Å². The van der Waals surface area contributed by atoms with E-state index in [1.165, 1.54) is 12.8 Å². The van der Waals surface area contributed by atoms with Crippen LogP contribution >= 0.6 is 0 Å². The fraction of sp³-hybridized carbons (Fsp3) is 0.917. The highest BCUT2D eigenvalue weighted by Gasteiger charge is 2.48. The Balaban J connectivity index is 1.96. The molecule has 1 heterocycles. The predicted molar refractivity (Wildman–Crippen MR) is 70.6 cm³/mol. The monoisotopic (exact) mass is 267 g/mol. The summed E-state index contributed by atoms with van der Waals surface area (Å²) in [5, 5.41) is 6.73. The van der Waals surface area contributed by atoms with Crippen LogP contribution in [0.3, 0.4) is 0 Å². The van der Waals surface area contributed by atoms with Crippen LogP contribution in [0.1, 0.15) is 26.2 Å². The Hall–Kier alpha value is -1.30. The van der Waals surface area contributed by atoms with Gasteiger partial charge in [0, 0.05) is 37.1 Å². The van der Waals surface area contributed by atoms with Crippen LogP contribution in [0.4, 0.5) is 0 Å². The SMILES string of the molecule is CCOC(=O)C1(NCCN=[N+]=[N-])CCN(C2CC2)C1. The normalized spacial score (nSPS) is 27.0. The van der Waals surface area contributed by atoms with Gasteiger partial charge in [-0.05, 0) is 31.7 Å². The third-order valence-corrected chi connectivity index (χ3v) is 3.77. The van der Waals surface area contributed by atoms with E-state index in [2.05, 4.69) is 20.2 Å². The zero-order valence-corrected chi connectivity index (χ0v) is 11.3. The van der Waals surface area contributed by atoms with Gasteiger partial charge in [0.1, 0.15) is 5.54 Å². The van der Waals surface area contributed by atoms with Gasteiger partial charge in [-0.2, -0.15) is 0 Å². The molecule has 1 unspecified atom stereocenters. The zero-order chi connectivity index (χ0) is 13.7. The molecule has 2 fully saturated rings. The smallest absolute Gasteiger partial charge is 0.327 e. The number of carbonyl (C=O) groups is 1. The van der Waals surface area contributed by atoms with Crippen LogP contribution < -0.4 is 5.32 Å². The summed E-state index contributed by atoms with van der Waals surface area (Å²) >= 11 is 0. The molecule has 1 saturated carbocycles. The van der Waals surface area contributed by atoms with E-state index in [1.54, 1.807) is 0 Å². The molecule has 7 nitrogen and oxygen atoms in total. The number of hydrogen-bond donors (Lipinski definition) is 1. The molecule has 0 aromatic rings. The summed E-state index contributed by atoms with van der Waals surface area (Å²) in [5.41, 5.74) is 7.65. The van der Waals surface area contributed by atoms with Crippen molar-refractivity contribution in [3.05, 3.63) is 10.4 Å². The molecule has 0 radical (unpaired) electrons. The van der Waals surface area contributed by atoms with Gasteiger partial charge in [-0.25, -0.2) is 4.79 Å². The number of hydrogen-bond acceptors (Lipinski definition) is 5. The van der Waals surface area contributed by atoms with Crippen molar-refractivity contribution >= 4 is 5.97 Å². The van der Waals surface area contributed by atoms with Gasteiger partial charge >= 0.3 is 5.97 Å². The Morgan fingerprint density at radius 1 is 1.63 bits per heavy atom. The third-order valence-electron chi connectivity index (χ3n) is 3.77. The van der Waals surface area contributed by atoms with E-state index in [-0.39, 0.29) is 5.97 Å². The first-order valence-electron chi connectivity index (χ1n) is 6.89. The average Bonchev–Trinajstić information content (AvgIpc) is 3.16. The highest BCUT2D eigenvalue weighted by Crippen LogP contribution is 2.34. The quantitative estimate of drug-likeness (QED) is 0.245. The molecule has 1 atom stereocenters. The summed E-state index contributed by atoms with van der Waals surface area (Å²) in [6.07, 6.45) is 3.23. The summed E-state index contributed by atoms with van der Waals surface area (Å²) in [4.78, 5) is 17.3. The number of likely N-dealkylation sites (tertiary alicyclic amines) is 1. The minimum atomic E-state index is -0.621. The van der Waals surface area contributed by atoms with Crippen molar-refractivity contribution in [1.82, 2.24) is 10.2 Å². The predicted octanol–water partition coefficient (Wildman–Crippen LogP) is 1.06. The Morgan fingerprint density at radius 2 is 2.42 bits per heavy atom. The largest absolute Gasteiger partial charge is 0.465 e. The Morgan fingerprint density at radius 3 is 3.05 bits per heavy atom. The molecule has 0 bridgehead atoms. The van der Waals surface area contributed by atoms with Gasteiger partial charge in [-0.3, -0.25) is 4.90 Å². The van der Waals surface area contributed by atoms with E-state index >= 15 is 0 Å². The lowest BCUT2D eigenvalue weighted by Crippen LogP contribution is -2.55. The van der Waals surface area contributed by atoms with Gasteiger partial charge in [0.15, 0.2) is 0 Å². The standard InChI is InChI=1S/C12H21N5O2/c1-2-19-11(18)12(14-6-7-15-16-13)5-8-17(9-12)10-3-4-10/h10,14H,2-9H2,1H3. The first-order valence-corrected chi connectivity index (χ1v) is 6.89. The molecule has 1 aliphatic carbocycles. The lowest BCUT2D eigenvalue weighted by Gasteiger charge is -2.28. The van der Waals surface area contributed by atoms with Crippen LogP contribution in [-0.2, 0) is 9.53 Å². The van der Waals surface area contributed by atoms with Crippen molar-refractivity contribution in [3.63, 3.8) is 0 Å². The molecule has 0 spiro atoms. The fourth-order valence-corrected chi connectivity index (χ4v) is 2.63. The van der Waals surface area contributed by atoms with Crippen LogP contribution in [0.25, 0.3) is 10.4 Å². The van der Waals surface area contributed by atoms with Crippen LogP contribution in [0.15, 0.2) is 5.11 Å². The van der Waals surface area contributed by atoms with Crippen molar-refractivity contribution in [2.45, 2.75) is 37.8 Å². The molecule has 1 saturated heterocycles. The van der Waals surface area contributed by atoms with Crippen molar-refractivity contribution < 1.29 is 9.53 Å². The molecule has 2 rings (SSSR count). The number of rotatable bonds is 7. The number of nitrogens with zero attached hydrogens (tertiary/aromatic N) is 4. The Bertz CT molecular complexity index is 378. The second-order valence-electron chi connectivity index (χ2n) is 5.14. The molecule has 2 aliphatic rings. The molecule has 1 aliphatic heterocycles. The van der Waals surface area contributed by atoms with E-state index < -0.39 is 5.54 Å². The minimum absolute atomic E-state index is 0.181. The lowest BCUT2D eigenvalue weighted by molar-refractivity contribution is -0.150. The Labute approximate surface area is 112 Å². The van der Waals surface area contributed by atoms with Crippen molar-refractivity contribution in [3.8, 4) is 0 Å². The molecule has 0 amide bonds. The Kier molecular flexibility index (Phi) is 4.63. The van der Waals surface area contributed by atoms with Crippen LogP contribution in [0.5, 0.6) is 0 Å². The lowest BCUT2D eigenvalue weighted by atomic mass is 9.98. The molecule has 7 heteroatoms. The number of nitrogens with one attached hydrogen (secondary N) is 1. The number of carbonyl (C=O) groups excluding carboxylic acids is 1. The van der Waals surface area contributed by atoms with Gasteiger partial charge in [0.05, 0.1) is 6.61 Å².